The number of nitrogens with zero attached hydrogens (tertiary/aromatic N) is 3. The molecule has 0 aliphatic carbocycles. The van der Waals surface area contributed by atoms with Crippen LogP contribution in [-0.2, 0) is 7.05 Å². The van der Waals surface area contributed by atoms with Gasteiger partial charge in [0.05, 0.1) is 5.69 Å². The second-order valence-corrected chi connectivity index (χ2v) is 6.62. The summed E-state index contributed by atoms with van der Waals surface area (Å²) >= 11 is 0. The van der Waals surface area contributed by atoms with Gasteiger partial charge in [-0.15, -0.1) is 0 Å². The number of amides is 1. The maximum atomic E-state index is 12.6. The number of ether oxygens (including phenoxy) is 1. The summed E-state index contributed by atoms with van der Waals surface area (Å²) < 4.78 is 7.89. The van der Waals surface area contributed by atoms with Gasteiger partial charge in [0, 0.05) is 33.0 Å². The maximum Gasteiger partial charge on any atom is 0.272 e. The Morgan fingerprint density at radius 1 is 1.17 bits per heavy atom. The molecule has 24 heavy (non-hydrogen) atoms. The molecule has 1 saturated heterocycles. The van der Waals surface area contributed by atoms with Crippen LogP contribution in [0.25, 0.3) is 0 Å². The minimum absolute atomic E-state index is 0.0589. The number of hydrogen-bond acceptors (Lipinski definition) is 3. The molecular weight excluding hydrogens is 302 g/mol. The van der Waals surface area contributed by atoms with E-state index in [1.54, 1.807) is 4.68 Å². The predicted molar refractivity (Wildman–Crippen MR) is 93.4 cm³/mol. The highest BCUT2D eigenvalue weighted by molar-refractivity contribution is 5.92. The highest BCUT2D eigenvalue weighted by Gasteiger charge is 2.26. The van der Waals surface area contributed by atoms with Crippen molar-refractivity contribution < 1.29 is 9.53 Å². The van der Waals surface area contributed by atoms with Gasteiger partial charge in [-0.2, -0.15) is 5.10 Å². The van der Waals surface area contributed by atoms with Crippen LogP contribution in [0.5, 0.6) is 5.75 Å². The molecule has 3 rings (SSSR count). The average Bonchev–Trinajstić information content (AvgIpc) is 2.89. The molecule has 0 spiro atoms. The van der Waals surface area contributed by atoms with Gasteiger partial charge in [-0.25, -0.2) is 0 Å². The van der Waals surface area contributed by atoms with Gasteiger partial charge in [-0.05, 0) is 38.0 Å². The second-order valence-electron chi connectivity index (χ2n) is 6.62. The van der Waals surface area contributed by atoms with Crippen LogP contribution >= 0.6 is 0 Å². The Labute approximate surface area is 143 Å². The number of aromatic nitrogens is 2. The zero-order valence-electron chi connectivity index (χ0n) is 14.9. The molecule has 0 atom stereocenters. The molecule has 1 aliphatic rings. The zero-order valence-corrected chi connectivity index (χ0v) is 14.9. The van der Waals surface area contributed by atoms with Crippen LogP contribution in [0, 0.1) is 20.8 Å². The molecule has 1 fully saturated rings. The van der Waals surface area contributed by atoms with Crippen molar-refractivity contribution in [3.05, 3.63) is 46.8 Å². The van der Waals surface area contributed by atoms with Crippen LogP contribution in [0.4, 0.5) is 0 Å². The first-order valence-corrected chi connectivity index (χ1v) is 8.48. The summed E-state index contributed by atoms with van der Waals surface area (Å²) in [6.07, 6.45) is 1.88. The summed E-state index contributed by atoms with van der Waals surface area (Å²) in [5.74, 6) is 1.05. The van der Waals surface area contributed by atoms with Crippen molar-refractivity contribution in [3.63, 3.8) is 0 Å². The first-order chi connectivity index (χ1) is 11.5. The number of benzene rings is 1. The van der Waals surface area contributed by atoms with E-state index >= 15 is 0 Å². The predicted octanol–water partition coefficient (Wildman–Crippen LogP) is 3.03. The van der Waals surface area contributed by atoms with Crippen molar-refractivity contribution in [3.8, 4) is 5.75 Å². The SMILES string of the molecule is Cc1cc(C(=O)N2CCC(Oc3c(C)cccc3C)CC2)n(C)n1. The Balaban J connectivity index is 1.62. The topological polar surface area (TPSA) is 47.4 Å². The van der Waals surface area contributed by atoms with E-state index in [2.05, 4.69) is 37.1 Å². The van der Waals surface area contributed by atoms with Crippen LogP contribution in [0.1, 0.15) is 40.2 Å². The number of carbonyl (C=O) groups excluding carboxylic acids is 1. The Morgan fingerprint density at radius 2 is 1.79 bits per heavy atom. The van der Waals surface area contributed by atoms with Gasteiger partial charge in [-0.3, -0.25) is 9.48 Å². The summed E-state index contributed by atoms with van der Waals surface area (Å²) in [5, 5.41) is 4.26. The lowest BCUT2D eigenvalue weighted by Gasteiger charge is -2.32. The second kappa shape index (κ2) is 6.67. The fourth-order valence-corrected chi connectivity index (χ4v) is 3.30. The molecule has 1 aromatic carbocycles. The molecule has 0 unspecified atom stereocenters. The Morgan fingerprint density at radius 3 is 2.33 bits per heavy atom. The van der Waals surface area contributed by atoms with Gasteiger partial charge in [0.2, 0.25) is 0 Å². The standard InChI is InChI=1S/C19H25N3O2/c1-13-6-5-7-14(2)18(13)24-16-8-10-22(11-9-16)19(23)17-12-15(3)20-21(17)4/h5-7,12,16H,8-11H2,1-4H3. The molecule has 1 aromatic heterocycles. The van der Waals surface area contributed by atoms with Crippen LogP contribution in [-0.4, -0.2) is 39.8 Å². The smallest absolute Gasteiger partial charge is 0.272 e. The molecule has 2 aromatic rings. The number of carbonyl (C=O) groups is 1. The normalized spacial score (nSPS) is 15.6. The van der Waals surface area contributed by atoms with Gasteiger partial charge in [0.15, 0.2) is 0 Å². The van der Waals surface area contributed by atoms with E-state index in [0.717, 1.165) is 37.4 Å². The molecule has 1 amide bonds. The van der Waals surface area contributed by atoms with Crippen molar-refractivity contribution >= 4 is 5.91 Å². The summed E-state index contributed by atoms with van der Waals surface area (Å²) in [5.41, 5.74) is 3.86. The average molecular weight is 327 g/mol. The van der Waals surface area contributed by atoms with Crippen molar-refractivity contribution in [2.24, 2.45) is 7.05 Å². The van der Waals surface area contributed by atoms with E-state index in [9.17, 15) is 4.79 Å². The molecule has 128 valence electrons. The van der Waals surface area contributed by atoms with Gasteiger partial charge in [-0.1, -0.05) is 18.2 Å². The highest BCUT2D eigenvalue weighted by Crippen LogP contribution is 2.26. The molecule has 0 radical (unpaired) electrons. The van der Waals surface area contributed by atoms with E-state index in [-0.39, 0.29) is 12.0 Å². The molecule has 0 saturated carbocycles. The quantitative estimate of drug-likeness (QED) is 0.870. The maximum absolute atomic E-state index is 12.6. The lowest BCUT2D eigenvalue weighted by Crippen LogP contribution is -2.42. The lowest BCUT2D eigenvalue weighted by molar-refractivity contribution is 0.0583. The number of rotatable bonds is 3. The van der Waals surface area contributed by atoms with Crippen molar-refractivity contribution in [1.29, 1.82) is 0 Å². The minimum Gasteiger partial charge on any atom is -0.490 e. The third-order valence-corrected chi connectivity index (χ3v) is 4.64. The molecule has 0 bridgehead atoms. The number of piperidine rings is 1. The first-order valence-electron chi connectivity index (χ1n) is 8.48. The third-order valence-electron chi connectivity index (χ3n) is 4.64. The van der Waals surface area contributed by atoms with E-state index in [4.69, 9.17) is 4.74 Å². The highest BCUT2D eigenvalue weighted by atomic mass is 16.5. The zero-order chi connectivity index (χ0) is 17.3. The van der Waals surface area contributed by atoms with E-state index < -0.39 is 0 Å². The van der Waals surface area contributed by atoms with Crippen molar-refractivity contribution in [2.75, 3.05) is 13.1 Å². The third kappa shape index (κ3) is 3.30. The number of aryl methyl sites for hydroxylation is 4. The van der Waals surface area contributed by atoms with Crippen molar-refractivity contribution in [1.82, 2.24) is 14.7 Å². The minimum atomic E-state index is 0.0589. The van der Waals surface area contributed by atoms with Gasteiger partial charge in [0.25, 0.3) is 5.91 Å². The molecule has 5 heteroatoms. The van der Waals surface area contributed by atoms with Crippen LogP contribution < -0.4 is 4.74 Å². The van der Waals surface area contributed by atoms with Crippen LogP contribution in [0.2, 0.25) is 0 Å². The van der Waals surface area contributed by atoms with E-state index in [1.165, 1.54) is 11.1 Å². The van der Waals surface area contributed by atoms with Crippen LogP contribution in [0.3, 0.4) is 0 Å². The van der Waals surface area contributed by atoms with Crippen molar-refractivity contribution in [2.45, 2.75) is 39.7 Å². The molecule has 2 heterocycles. The Kier molecular flexibility index (Phi) is 4.60. The fourth-order valence-electron chi connectivity index (χ4n) is 3.30. The van der Waals surface area contributed by atoms with Gasteiger partial charge < -0.3 is 9.64 Å². The molecule has 5 nitrogen and oxygen atoms in total. The summed E-state index contributed by atoms with van der Waals surface area (Å²) in [6, 6.07) is 8.05. The summed E-state index contributed by atoms with van der Waals surface area (Å²) in [7, 11) is 1.82. The summed E-state index contributed by atoms with van der Waals surface area (Å²) in [4.78, 5) is 14.5. The fraction of sp³-hybridized carbons (Fsp3) is 0.474. The Bertz CT molecular complexity index is 723. The summed E-state index contributed by atoms with van der Waals surface area (Å²) in [6.45, 7) is 7.50. The van der Waals surface area contributed by atoms with Crippen LogP contribution in [0.15, 0.2) is 24.3 Å². The Hall–Kier alpha value is -2.30. The number of likely N-dealkylation sites (tertiary alicyclic amines) is 1. The number of hydrogen-bond donors (Lipinski definition) is 0. The monoisotopic (exact) mass is 327 g/mol. The van der Waals surface area contributed by atoms with Gasteiger partial charge in [0.1, 0.15) is 17.5 Å². The first kappa shape index (κ1) is 16.6. The molecule has 1 aliphatic heterocycles. The lowest BCUT2D eigenvalue weighted by atomic mass is 10.1. The van der Waals surface area contributed by atoms with E-state index in [1.807, 2.05) is 24.9 Å². The number of para-hydroxylation sites is 1. The molecule has 0 N–H and O–H groups in total. The largest absolute Gasteiger partial charge is 0.490 e. The van der Waals surface area contributed by atoms with Gasteiger partial charge >= 0.3 is 0 Å². The molecular formula is C19H25N3O2. The van der Waals surface area contributed by atoms with E-state index in [0.29, 0.717) is 5.69 Å².